The van der Waals surface area contributed by atoms with Crippen LogP contribution in [0.15, 0.2) is 47.8 Å². The predicted molar refractivity (Wildman–Crippen MR) is 115 cm³/mol. The molecule has 0 amide bonds. The highest BCUT2D eigenvalue weighted by Gasteiger charge is 2.43. The number of rotatable bonds is 6. The normalized spacial score (nSPS) is 26.8. The largest absolute Gasteiger partial charge is 0.494 e. The number of hydrogen-bond acceptors (Lipinski definition) is 7. The number of aliphatic hydroxyl groups is 4. The van der Waals surface area contributed by atoms with Crippen molar-refractivity contribution < 1.29 is 29.9 Å². The van der Waals surface area contributed by atoms with E-state index in [-0.39, 0.29) is 0 Å². The number of ether oxygens (including phenoxy) is 2. The van der Waals surface area contributed by atoms with Gasteiger partial charge in [-0.05, 0) is 65.1 Å². The summed E-state index contributed by atoms with van der Waals surface area (Å²) in [6.07, 6.45) is -5.03. The van der Waals surface area contributed by atoms with Crippen LogP contribution in [0.3, 0.4) is 0 Å². The Labute approximate surface area is 178 Å². The molecule has 1 aliphatic heterocycles. The van der Waals surface area contributed by atoms with Gasteiger partial charge >= 0.3 is 0 Å². The molecule has 0 aliphatic carbocycles. The summed E-state index contributed by atoms with van der Waals surface area (Å²) in [5.41, 5.74) is 3.02. The second kappa shape index (κ2) is 9.01. The Balaban J connectivity index is 1.61. The summed E-state index contributed by atoms with van der Waals surface area (Å²) in [7, 11) is 0. The SMILES string of the molecule is CCOc1ccc(Cc2csc3ccc([C@@H]4O[C@H](CO)[C@@H](O)[C@H](O)[C@H]4O)cc23)cc1. The Bertz CT molecular complexity index is 983. The van der Waals surface area contributed by atoms with Gasteiger partial charge in [0.2, 0.25) is 0 Å². The third-order valence-electron chi connectivity index (χ3n) is 5.53. The maximum absolute atomic E-state index is 10.4. The third kappa shape index (κ3) is 4.09. The third-order valence-corrected chi connectivity index (χ3v) is 6.54. The predicted octanol–water partition coefficient (Wildman–Crippen LogP) is 2.41. The van der Waals surface area contributed by atoms with Crippen molar-refractivity contribution in [2.24, 2.45) is 0 Å². The van der Waals surface area contributed by atoms with Gasteiger partial charge in [0, 0.05) is 4.70 Å². The zero-order valence-electron chi connectivity index (χ0n) is 16.6. The average Bonchev–Trinajstić information content (AvgIpc) is 3.16. The van der Waals surface area contributed by atoms with Gasteiger partial charge in [0.15, 0.2) is 0 Å². The number of fused-ring (bicyclic) bond motifs is 1. The minimum Gasteiger partial charge on any atom is -0.494 e. The summed E-state index contributed by atoms with van der Waals surface area (Å²) in [5.74, 6) is 0.848. The van der Waals surface area contributed by atoms with Crippen LogP contribution >= 0.6 is 11.3 Å². The van der Waals surface area contributed by atoms with E-state index in [1.165, 1.54) is 0 Å². The fourth-order valence-corrected chi connectivity index (χ4v) is 4.82. The van der Waals surface area contributed by atoms with Gasteiger partial charge in [0.25, 0.3) is 0 Å². The van der Waals surface area contributed by atoms with Crippen LogP contribution in [0.2, 0.25) is 0 Å². The maximum Gasteiger partial charge on any atom is 0.119 e. The molecular formula is C23H26O6S. The van der Waals surface area contributed by atoms with E-state index in [4.69, 9.17) is 9.47 Å². The Morgan fingerprint density at radius 3 is 2.47 bits per heavy atom. The molecule has 160 valence electrons. The first kappa shape index (κ1) is 21.2. The fraction of sp³-hybridized carbons (Fsp3) is 0.391. The highest BCUT2D eigenvalue weighted by molar-refractivity contribution is 7.17. The van der Waals surface area contributed by atoms with Gasteiger partial charge < -0.3 is 29.9 Å². The molecule has 6 nitrogen and oxygen atoms in total. The van der Waals surface area contributed by atoms with E-state index >= 15 is 0 Å². The van der Waals surface area contributed by atoms with Gasteiger partial charge in [-0.2, -0.15) is 0 Å². The molecule has 0 bridgehead atoms. The first-order chi connectivity index (χ1) is 14.5. The minimum absolute atomic E-state index is 0.439. The molecule has 2 heterocycles. The lowest BCUT2D eigenvalue weighted by Crippen LogP contribution is -2.55. The smallest absolute Gasteiger partial charge is 0.119 e. The summed E-state index contributed by atoms with van der Waals surface area (Å²) in [5, 5.41) is 43.2. The van der Waals surface area contributed by atoms with Crippen molar-refractivity contribution in [3.63, 3.8) is 0 Å². The molecule has 0 spiro atoms. The van der Waals surface area contributed by atoms with Crippen molar-refractivity contribution in [3.05, 3.63) is 64.5 Å². The Morgan fingerprint density at radius 1 is 1.00 bits per heavy atom. The minimum atomic E-state index is -1.39. The van der Waals surface area contributed by atoms with Crippen LogP contribution in [0.4, 0.5) is 0 Å². The lowest BCUT2D eigenvalue weighted by Gasteiger charge is -2.40. The molecule has 1 fully saturated rings. The van der Waals surface area contributed by atoms with E-state index in [9.17, 15) is 20.4 Å². The second-order valence-electron chi connectivity index (χ2n) is 7.52. The van der Waals surface area contributed by atoms with Gasteiger partial charge in [-0.1, -0.05) is 18.2 Å². The van der Waals surface area contributed by atoms with Crippen LogP contribution in [-0.4, -0.2) is 58.1 Å². The number of benzene rings is 2. The van der Waals surface area contributed by atoms with Crippen molar-refractivity contribution in [3.8, 4) is 5.75 Å². The summed E-state index contributed by atoms with van der Waals surface area (Å²) in [6, 6.07) is 13.8. The van der Waals surface area contributed by atoms with E-state index < -0.39 is 37.1 Å². The molecule has 1 saturated heterocycles. The van der Waals surface area contributed by atoms with Crippen molar-refractivity contribution in [2.75, 3.05) is 13.2 Å². The lowest BCUT2D eigenvalue weighted by molar-refractivity contribution is -0.231. The summed E-state index contributed by atoms with van der Waals surface area (Å²) < 4.78 is 12.3. The van der Waals surface area contributed by atoms with E-state index in [2.05, 4.69) is 17.5 Å². The topological polar surface area (TPSA) is 99.4 Å². The van der Waals surface area contributed by atoms with Gasteiger partial charge in [-0.3, -0.25) is 0 Å². The van der Waals surface area contributed by atoms with Crippen molar-refractivity contribution in [2.45, 2.75) is 43.9 Å². The molecule has 5 atom stereocenters. The van der Waals surface area contributed by atoms with E-state index in [0.717, 1.165) is 33.4 Å². The molecule has 4 rings (SSSR count). The molecule has 1 aromatic heterocycles. The highest BCUT2D eigenvalue weighted by atomic mass is 32.1. The summed E-state index contributed by atoms with van der Waals surface area (Å²) in [4.78, 5) is 0. The van der Waals surface area contributed by atoms with Gasteiger partial charge in [-0.15, -0.1) is 11.3 Å². The van der Waals surface area contributed by atoms with Crippen LogP contribution in [0, 0.1) is 0 Å². The van der Waals surface area contributed by atoms with Crippen molar-refractivity contribution in [1.29, 1.82) is 0 Å². The number of thiophene rings is 1. The lowest BCUT2D eigenvalue weighted by atomic mass is 9.90. The van der Waals surface area contributed by atoms with Gasteiger partial charge in [0.05, 0.1) is 13.2 Å². The average molecular weight is 431 g/mol. The molecule has 3 aromatic rings. The summed E-state index contributed by atoms with van der Waals surface area (Å²) in [6.45, 7) is 2.15. The Hall–Kier alpha value is -2.00. The second-order valence-corrected chi connectivity index (χ2v) is 8.43. The molecular weight excluding hydrogens is 404 g/mol. The van der Waals surface area contributed by atoms with Gasteiger partial charge in [-0.25, -0.2) is 0 Å². The monoisotopic (exact) mass is 430 g/mol. The first-order valence-corrected chi connectivity index (χ1v) is 10.9. The standard InChI is InChI=1S/C23H26O6S/c1-2-28-16-6-3-13(4-7-16)9-15-12-30-19-8-5-14(10-17(15)19)23-22(27)21(26)20(25)18(11-24)29-23/h3-8,10,12,18,20-27H,2,9,11H2,1H3/t18-,20-,21+,22-,23+/m1/s1. The van der Waals surface area contributed by atoms with Gasteiger partial charge in [0.1, 0.15) is 36.3 Å². The molecule has 2 aromatic carbocycles. The molecule has 0 radical (unpaired) electrons. The molecule has 30 heavy (non-hydrogen) atoms. The fourth-order valence-electron chi connectivity index (χ4n) is 3.88. The quantitative estimate of drug-likeness (QED) is 0.479. The van der Waals surface area contributed by atoms with E-state index in [0.29, 0.717) is 12.2 Å². The van der Waals surface area contributed by atoms with Crippen LogP contribution in [0.1, 0.15) is 29.7 Å². The Morgan fingerprint density at radius 2 is 1.77 bits per heavy atom. The number of hydrogen-bond donors (Lipinski definition) is 4. The molecule has 0 saturated carbocycles. The first-order valence-electron chi connectivity index (χ1n) is 10.0. The van der Waals surface area contributed by atoms with Crippen molar-refractivity contribution in [1.82, 2.24) is 0 Å². The number of aliphatic hydroxyl groups excluding tert-OH is 4. The zero-order valence-corrected chi connectivity index (χ0v) is 17.5. The molecule has 7 heteroatoms. The molecule has 4 N–H and O–H groups in total. The molecule has 1 aliphatic rings. The maximum atomic E-state index is 10.4. The summed E-state index contributed by atoms with van der Waals surface area (Å²) >= 11 is 1.65. The van der Waals surface area contributed by atoms with Crippen LogP contribution in [0.25, 0.3) is 10.1 Å². The Kier molecular flexibility index (Phi) is 6.38. The van der Waals surface area contributed by atoms with Crippen LogP contribution < -0.4 is 4.74 Å². The highest BCUT2D eigenvalue weighted by Crippen LogP contribution is 2.36. The van der Waals surface area contributed by atoms with Crippen LogP contribution in [0.5, 0.6) is 5.75 Å². The van der Waals surface area contributed by atoms with Crippen molar-refractivity contribution >= 4 is 21.4 Å². The zero-order chi connectivity index (χ0) is 21.3. The van der Waals surface area contributed by atoms with Crippen LogP contribution in [-0.2, 0) is 11.2 Å². The van der Waals surface area contributed by atoms with E-state index in [1.807, 2.05) is 37.3 Å². The molecule has 0 unspecified atom stereocenters. The van der Waals surface area contributed by atoms with E-state index in [1.54, 1.807) is 11.3 Å².